The molecule has 0 spiro atoms. The first-order chi connectivity index (χ1) is 9.61. The third-order valence-electron chi connectivity index (χ3n) is 2.69. The molecule has 2 rings (SSSR count). The van der Waals surface area contributed by atoms with Gasteiger partial charge in [0.15, 0.2) is 0 Å². The van der Waals surface area contributed by atoms with Crippen LogP contribution >= 0.6 is 12.2 Å². The second-order valence-electron chi connectivity index (χ2n) is 4.23. The van der Waals surface area contributed by atoms with Crippen molar-refractivity contribution < 1.29 is 4.74 Å². The molecule has 0 bridgehead atoms. The molecule has 0 unspecified atom stereocenters. The number of ether oxygens (including phenoxy) is 1. The molecule has 20 heavy (non-hydrogen) atoms. The van der Waals surface area contributed by atoms with E-state index in [2.05, 4.69) is 17.1 Å². The Hall–Kier alpha value is -2.21. The minimum absolute atomic E-state index is 0.0535. The van der Waals surface area contributed by atoms with E-state index in [1.54, 1.807) is 6.07 Å². The van der Waals surface area contributed by atoms with Crippen LogP contribution in [0, 0.1) is 0 Å². The SMILES string of the molecule is CCCOc1ccc(-c2cc(C(N)=S)c(=O)[nH]n2)cc1. The number of rotatable bonds is 5. The highest BCUT2D eigenvalue weighted by atomic mass is 32.1. The molecule has 1 heterocycles. The van der Waals surface area contributed by atoms with Crippen LogP contribution < -0.4 is 16.0 Å². The molecule has 104 valence electrons. The van der Waals surface area contributed by atoms with Crippen molar-refractivity contribution in [2.75, 3.05) is 6.61 Å². The molecule has 0 aliphatic heterocycles. The van der Waals surface area contributed by atoms with Gasteiger partial charge in [0.1, 0.15) is 10.7 Å². The first kappa shape index (κ1) is 14.2. The van der Waals surface area contributed by atoms with Gasteiger partial charge in [-0.3, -0.25) is 4.79 Å². The molecular formula is C14H15N3O2S. The molecule has 3 N–H and O–H groups in total. The van der Waals surface area contributed by atoms with Crippen LogP contribution in [-0.4, -0.2) is 21.8 Å². The summed E-state index contributed by atoms with van der Waals surface area (Å²) in [6.45, 7) is 2.73. The van der Waals surface area contributed by atoms with Crippen molar-refractivity contribution in [2.24, 2.45) is 5.73 Å². The smallest absolute Gasteiger partial charge is 0.274 e. The molecule has 1 aromatic carbocycles. The van der Waals surface area contributed by atoms with E-state index in [-0.39, 0.29) is 16.1 Å². The Bertz CT molecular complexity index is 665. The van der Waals surface area contributed by atoms with Crippen LogP contribution in [-0.2, 0) is 0 Å². The normalized spacial score (nSPS) is 10.2. The Balaban J connectivity index is 2.30. The molecule has 0 aliphatic carbocycles. The van der Waals surface area contributed by atoms with Gasteiger partial charge in [-0.2, -0.15) is 5.10 Å². The monoisotopic (exact) mass is 289 g/mol. The van der Waals surface area contributed by atoms with E-state index < -0.39 is 0 Å². The lowest BCUT2D eigenvalue weighted by atomic mass is 10.1. The van der Waals surface area contributed by atoms with Crippen LogP contribution in [0.3, 0.4) is 0 Å². The number of H-pyrrole nitrogens is 1. The first-order valence-electron chi connectivity index (χ1n) is 6.24. The summed E-state index contributed by atoms with van der Waals surface area (Å²) in [6, 6.07) is 9.05. The molecule has 0 fully saturated rings. The number of nitrogens with one attached hydrogen (secondary N) is 1. The predicted molar refractivity (Wildman–Crippen MR) is 82.0 cm³/mol. The first-order valence-corrected chi connectivity index (χ1v) is 6.65. The average Bonchev–Trinajstić information content (AvgIpc) is 2.46. The summed E-state index contributed by atoms with van der Waals surface area (Å²) in [5.74, 6) is 0.801. The van der Waals surface area contributed by atoms with Gasteiger partial charge in [0, 0.05) is 5.56 Å². The fourth-order valence-electron chi connectivity index (χ4n) is 1.68. The number of hydrogen-bond donors (Lipinski definition) is 2. The maximum Gasteiger partial charge on any atom is 0.274 e. The summed E-state index contributed by atoms with van der Waals surface area (Å²) in [4.78, 5) is 11.6. The van der Waals surface area contributed by atoms with Crippen LogP contribution in [0.5, 0.6) is 5.75 Å². The lowest BCUT2D eigenvalue weighted by molar-refractivity contribution is 0.317. The van der Waals surface area contributed by atoms with Gasteiger partial charge in [-0.1, -0.05) is 19.1 Å². The van der Waals surface area contributed by atoms with Crippen LogP contribution in [0.1, 0.15) is 18.9 Å². The second kappa shape index (κ2) is 6.29. The third-order valence-corrected chi connectivity index (χ3v) is 2.91. The molecule has 6 heteroatoms. The Kier molecular flexibility index (Phi) is 4.47. The van der Waals surface area contributed by atoms with Gasteiger partial charge in [-0.05, 0) is 36.8 Å². The Morgan fingerprint density at radius 1 is 1.40 bits per heavy atom. The number of hydrogen-bond acceptors (Lipinski definition) is 4. The molecule has 5 nitrogen and oxygen atoms in total. The molecular weight excluding hydrogens is 274 g/mol. The second-order valence-corrected chi connectivity index (χ2v) is 4.67. The van der Waals surface area contributed by atoms with E-state index in [0.717, 1.165) is 17.7 Å². The summed E-state index contributed by atoms with van der Waals surface area (Å²) >= 11 is 4.84. The van der Waals surface area contributed by atoms with Gasteiger partial charge in [0.2, 0.25) is 0 Å². The standard InChI is InChI=1S/C14H15N3O2S/c1-2-7-19-10-5-3-9(4-6-10)12-8-11(13(15)20)14(18)17-16-12/h3-6,8H,2,7H2,1H3,(H2,15,20)(H,17,18). The van der Waals surface area contributed by atoms with Gasteiger partial charge < -0.3 is 10.5 Å². The molecule has 0 atom stereocenters. The molecule has 2 aromatic rings. The fourth-order valence-corrected chi connectivity index (χ4v) is 1.83. The van der Waals surface area contributed by atoms with Gasteiger partial charge >= 0.3 is 0 Å². The van der Waals surface area contributed by atoms with Gasteiger partial charge in [0.05, 0.1) is 17.9 Å². The van der Waals surface area contributed by atoms with Crippen molar-refractivity contribution in [2.45, 2.75) is 13.3 Å². The van der Waals surface area contributed by atoms with Crippen LogP contribution in [0.4, 0.5) is 0 Å². The Morgan fingerprint density at radius 3 is 2.70 bits per heavy atom. The Morgan fingerprint density at radius 2 is 2.10 bits per heavy atom. The van der Waals surface area contributed by atoms with Gasteiger partial charge in [-0.25, -0.2) is 5.10 Å². The topological polar surface area (TPSA) is 81.0 Å². The lowest BCUT2D eigenvalue weighted by Gasteiger charge is -2.06. The number of benzene rings is 1. The molecule has 0 radical (unpaired) electrons. The highest BCUT2D eigenvalue weighted by Crippen LogP contribution is 2.20. The van der Waals surface area contributed by atoms with Crippen molar-refractivity contribution in [3.05, 3.63) is 46.2 Å². The zero-order valence-electron chi connectivity index (χ0n) is 11.1. The summed E-state index contributed by atoms with van der Waals surface area (Å²) in [7, 11) is 0. The third kappa shape index (κ3) is 3.21. The Labute approximate surface area is 121 Å². The zero-order chi connectivity index (χ0) is 14.5. The predicted octanol–water partition coefficient (Wildman–Crippen LogP) is 1.86. The van der Waals surface area contributed by atoms with E-state index in [1.807, 2.05) is 24.3 Å². The quantitative estimate of drug-likeness (QED) is 0.821. The van der Waals surface area contributed by atoms with Crippen LogP contribution in [0.15, 0.2) is 35.1 Å². The van der Waals surface area contributed by atoms with Crippen molar-refractivity contribution in [3.63, 3.8) is 0 Å². The number of nitrogens with two attached hydrogens (primary N) is 1. The van der Waals surface area contributed by atoms with E-state index in [1.165, 1.54) is 0 Å². The van der Waals surface area contributed by atoms with E-state index in [0.29, 0.717) is 12.3 Å². The molecule has 0 saturated carbocycles. The summed E-state index contributed by atoms with van der Waals surface area (Å²) in [6.07, 6.45) is 0.959. The van der Waals surface area contributed by atoms with Crippen molar-refractivity contribution in [1.29, 1.82) is 0 Å². The van der Waals surface area contributed by atoms with Crippen molar-refractivity contribution >= 4 is 17.2 Å². The summed E-state index contributed by atoms with van der Waals surface area (Å²) in [5.41, 5.74) is 6.84. The molecule has 0 aliphatic rings. The fraction of sp³-hybridized carbons (Fsp3) is 0.214. The number of thiocarbonyl (C=S) groups is 1. The highest BCUT2D eigenvalue weighted by Gasteiger charge is 2.07. The largest absolute Gasteiger partial charge is 0.494 e. The van der Waals surface area contributed by atoms with Crippen molar-refractivity contribution in [3.8, 4) is 17.0 Å². The van der Waals surface area contributed by atoms with Gasteiger partial charge in [0.25, 0.3) is 5.56 Å². The number of nitrogens with zero attached hydrogens (tertiary/aromatic N) is 1. The number of aromatic amines is 1. The molecule has 0 saturated heterocycles. The minimum atomic E-state index is -0.385. The average molecular weight is 289 g/mol. The van der Waals surface area contributed by atoms with E-state index in [4.69, 9.17) is 22.7 Å². The maximum atomic E-state index is 11.5. The van der Waals surface area contributed by atoms with E-state index >= 15 is 0 Å². The summed E-state index contributed by atoms with van der Waals surface area (Å²) < 4.78 is 5.51. The lowest BCUT2D eigenvalue weighted by Crippen LogP contribution is -2.23. The number of aromatic nitrogens is 2. The van der Waals surface area contributed by atoms with Crippen molar-refractivity contribution in [1.82, 2.24) is 10.2 Å². The van der Waals surface area contributed by atoms with Gasteiger partial charge in [-0.15, -0.1) is 0 Å². The maximum absolute atomic E-state index is 11.5. The highest BCUT2D eigenvalue weighted by molar-refractivity contribution is 7.80. The molecule has 0 amide bonds. The summed E-state index contributed by atoms with van der Waals surface area (Å²) in [5, 5.41) is 6.38. The zero-order valence-corrected chi connectivity index (χ0v) is 11.9. The minimum Gasteiger partial charge on any atom is -0.494 e. The van der Waals surface area contributed by atoms with Crippen LogP contribution in [0.2, 0.25) is 0 Å². The molecule has 1 aromatic heterocycles. The van der Waals surface area contributed by atoms with E-state index in [9.17, 15) is 4.79 Å². The van der Waals surface area contributed by atoms with Crippen LogP contribution in [0.25, 0.3) is 11.3 Å².